The van der Waals surface area contributed by atoms with Crippen molar-refractivity contribution >= 4 is 5.97 Å². The van der Waals surface area contributed by atoms with Gasteiger partial charge in [-0.15, -0.1) is 0 Å². The van der Waals surface area contributed by atoms with Crippen LogP contribution in [0.5, 0.6) is 0 Å². The van der Waals surface area contributed by atoms with Crippen molar-refractivity contribution in [1.29, 1.82) is 0 Å². The first-order valence-corrected chi connectivity index (χ1v) is 6.38. The van der Waals surface area contributed by atoms with Crippen molar-refractivity contribution in [3.05, 3.63) is 0 Å². The minimum Gasteiger partial charge on any atom is -0.446 e. The zero-order chi connectivity index (χ0) is 12.5. The van der Waals surface area contributed by atoms with Crippen molar-refractivity contribution in [2.75, 3.05) is 0 Å². The van der Waals surface area contributed by atoms with Gasteiger partial charge >= 0.3 is 5.97 Å². The van der Waals surface area contributed by atoms with E-state index < -0.39 is 5.60 Å². The summed E-state index contributed by atoms with van der Waals surface area (Å²) in [4.78, 5) is 11.2. The van der Waals surface area contributed by atoms with Gasteiger partial charge < -0.3 is 9.47 Å². The summed E-state index contributed by atoms with van der Waals surface area (Å²) in [6.07, 6.45) is 5.25. The average molecular weight is 236 g/mol. The zero-order valence-electron chi connectivity index (χ0n) is 10.8. The average Bonchev–Trinajstić information content (AvgIpc) is 2.85. The second-order valence-corrected chi connectivity index (χ2v) is 5.27. The number of carbonyl (C=O) groups is 1. The highest BCUT2D eigenvalue weighted by atomic mass is 16.6. The van der Waals surface area contributed by atoms with Gasteiger partial charge in [0, 0.05) is 6.92 Å². The predicted octanol–water partition coefficient (Wildman–Crippen LogP) is 2.43. The highest BCUT2D eigenvalue weighted by Crippen LogP contribution is 2.36. The Hall–Kier alpha value is -1.01. The lowest BCUT2D eigenvalue weighted by Gasteiger charge is -2.31. The van der Waals surface area contributed by atoms with Crippen molar-refractivity contribution in [1.82, 2.24) is 0 Å². The summed E-state index contributed by atoms with van der Waals surface area (Å²) in [6, 6.07) is 0. The van der Waals surface area contributed by atoms with Gasteiger partial charge in [-0.3, -0.25) is 4.79 Å². The Morgan fingerprint density at radius 1 is 1.29 bits per heavy atom. The van der Waals surface area contributed by atoms with E-state index in [0.717, 1.165) is 25.7 Å². The molecule has 1 saturated heterocycles. The van der Waals surface area contributed by atoms with Crippen LogP contribution < -0.4 is 0 Å². The predicted molar refractivity (Wildman–Crippen MR) is 64.3 cm³/mol. The fourth-order valence-corrected chi connectivity index (χ4v) is 2.35. The Kier molecular flexibility index (Phi) is 3.18. The van der Waals surface area contributed by atoms with E-state index >= 15 is 0 Å². The lowest BCUT2D eigenvalue weighted by Crippen LogP contribution is -2.35. The summed E-state index contributed by atoms with van der Waals surface area (Å²) in [5.74, 6) is 6.09. The molecular weight excluding hydrogens is 216 g/mol. The molecule has 0 bridgehead atoms. The molecule has 1 aliphatic carbocycles. The van der Waals surface area contributed by atoms with Gasteiger partial charge in [0.1, 0.15) is 0 Å². The number of epoxide rings is 1. The van der Waals surface area contributed by atoms with Crippen LogP contribution in [0, 0.1) is 11.8 Å². The number of hydrogen-bond acceptors (Lipinski definition) is 3. The van der Waals surface area contributed by atoms with E-state index in [-0.39, 0.29) is 17.7 Å². The molecular formula is C14H20O3. The van der Waals surface area contributed by atoms with Crippen LogP contribution in [0.1, 0.15) is 52.9 Å². The topological polar surface area (TPSA) is 38.8 Å². The van der Waals surface area contributed by atoms with Gasteiger partial charge in [-0.1, -0.05) is 18.3 Å². The van der Waals surface area contributed by atoms with Gasteiger partial charge in [0.05, 0.1) is 6.10 Å². The number of hydrogen-bond donors (Lipinski definition) is 0. The number of ether oxygens (including phenoxy) is 2. The van der Waals surface area contributed by atoms with Crippen LogP contribution in [0.3, 0.4) is 0 Å². The third-order valence-electron chi connectivity index (χ3n) is 3.68. The molecule has 0 amide bonds. The van der Waals surface area contributed by atoms with E-state index in [1.807, 2.05) is 13.8 Å². The van der Waals surface area contributed by atoms with Gasteiger partial charge in [0.25, 0.3) is 0 Å². The molecule has 0 aromatic carbocycles. The molecule has 0 spiro atoms. The SMILES string of the molecule is CC(=O)OC1(C#CC2(C)OC2C)CCCCC1. The van der Waals surface area contributed by atoms with Crippen LogP contribution in [0.2, 0.25) is 0 Å². The minimum atomic E-state index is -0.557. The van der Waals surface area contributed by atoms with Gasteiger partial charge in [-0.05, 0) is 39.5 Å². The zero-order valence-corrected chi connectivity index (χ0v) is 10.8. The molecule has 2 unspecified atom stereocenters. The van der Waals surface area contributed by atoms with E-state index in [0.29, 0.717) is 0 Å². The summed E-state index contributed by atoms with van der Waals surface area (Å²) in [5, 5.41) is 0. The summed E-state index contributed by atoms with van der Waals surface area (Å²) >= 11 is 0. The molecule has 2 atom stereocenters. The molecule has 2 rings (SSSR count). The maximum atomic E-state index is 11.2. The summed E-state index contributed by atoms with van der Waals surface area (Å²) < 4.78 is 10.9. The van der Waals surface area contributed by atoms with Crippen LogP contribution in [0.4, 0.5) is 0 Å². The first kappa shape index (κ1) is 12.4. The Morgan fingerprint density at radius 3 is 2.35 bits per heavy atom. The number of carbonyl (C=O) groups excluding carboxylic acids is 1. The highest BCUT2D eigenvalue weighted by Gasteiger charge is 2.48. The summed E-state index contributed by atoms with van der Waals surface area (Å²) in [7, 11) is 0. The van der Waals surface area contributed by atoms with E-state index in [1.165, 1.54) is 13.3 Å². The van der Waals surface area contributed by atoms with Crippen molar-refractivity contribution in [3.63, 3.8) is 0 Å². The van der Waals surface area contributed by atoms with Gasteiger partial charge in [0.2, 0.25) is 0 Å². The van der Waals surface area contributed by atoms with Crippen LogP contribution >= 0.6 is 0 Å². The van der Waals surface area contributed by atoms with Crippen LogP contribution in [0.25, 0.3) is 0 Å². The molecule has 1 aliphatic heterocycles. The first-order chi connectivity index (χ1) is 7.96. The highest BCUT2D eigenvalue weighted by molar-refractivity contribution is 5.67. The molecule has 2 fully saturated rings. The fourth-order valence-electron chi connectivity index (χ4n) is 2.35. The Morgan fingerprint density at radius 2 is 1.88 bits per heavy atom. The third-order valence-corrected chi connectivity index (χ3v) is 3.68. The van der Waals surface area contributed by atoms with Gasteiger partial charge in [-0.2, -0.15) is 0 Å². The van der Waals surface area contributed by atoms with Crippen molar-refractivity contribution in [3.8, 4) is 11.8 Å². The Labute approximate surface area is 103 Å². The summed E-state index contributed by atoms with van der Waals surface area (Å²) in [5.41, 5.74) is -0.886. The Balaban J connectivity index is 2.12. The largest absolute Gasteiger partial charge is 0.446 e. The Bertz CT molecular complexity index is 371. The second-order valence-electron chi connectivity index (χ2n) is 5.27. The van der Waals surface area contributed by atoms with E-state index in [9.17, 15) is 4.79 Å². The van der Waals surface area contributed by atoms with E-state index in [1.54, 1.807) is 0 Å². The lowest BCUT2D eigenvalue weighted by molar-refractivity contribution is -0.153. The smallest absolute Gasteiger partial charge is 0.304 e. The molecule has 3 nitrogen and oxygen atoms in total. The molecule has 3 heteroatoms. The standard InChI is InChI=1S/C14H20O3/c1-11-13(3,16-11)9-10-14(17-12(2)15)7-5-4-6-8-14/h11H,4-8H2,1-3H3. The van der Waals surface area contributed by atoms with E-state index in [4.69, 9.17) is 9.47 Å². The first-order valence-electron chi connectivity index (χ1n) is 6.38. The normalized spacial score (nSPS) is 34.4. The molecule has 2 aliphatic rings. The van der Waals surface area contributed by atoms with Crippen molar-refractivity contribution in [2.24, 2.45) is 0 Å². The quantitative estimate of drug-likeness (QED) is 0.399. The number of esters is 1. The van der Waals surface area contributed by atoms with Crippen molar-refractivity contribution in [2.45, 2.75) is 70.2 Å². The summed E-state index contributed by atoms with van der Waals surface area (Å²) in [6.45, 7) is 5.44. The monoisotopic (exact) mass is 236 g/mol. The van der Waals surface area contributed by atoms with Crippen LogP contribution in [-0.4, -0.2) is 23.3 Å². The van der Waals surface area contributed by atoms with Gasteiger partial charge in [0.15, 0.2) is 11.2 Å². The molecule has 17 heavy (non-hydrogen) atoms. The van der Waals surface area contributed by atoms with Gasteiger partial charge in [-0.25, -0.2) is 0 Å². The number of rotatable bonds is 1. The molecule has 1 saturated carbocycles. The third kappa shape index (κ3) is 2.81. The second kappa shape index (κ2) is 4.34. The maximum absolute atomic E-state index is 11.2. The van der Waals surface area contributed by atoms with Crippen molar-refractivity contribution < 1.29 is 14.3 Å². The molecule has 1 heterocycles. The molecule has 94 valence electrons. The lowest BCUT2D eigenvalue weighted by atomic mass is 9.84. The molecule has 0 radical (unpaired) electrons. The molecule has 0 N–H and O–H groups in total. The maximum Gasteiger partial charge on any atom is 0.304 e. The molecule has 0 aromatic heterocycles. The van der Waals surface area contributed by atoms with Crippen LogP contribution in [-0.2, 0) is 14.3 Å². The fraction of sp³-hybridized carbons (Fsp3) is 0.786. The minimum absolute atomic E-state index is 0.188. The van der Waals surface area contributed by atoms with Crippen LogP contribution in [0.15, 0.2) is 0 Å². The van der Waals surface area contributed by atoms with E-state index in [2.05, 4.69) is 11.8 Å². The molecule has 0 aromatic rings.